The predicted octanol–water partition coefficient (Wildman–Crippen LogP) is 2.21. The van der Waals surface area contributed by atoms with Gasteiger partial charge in [0.2, 0.25) is 5.88 Å². The van der Waals surface area contributed by atoms with E-state index in [0.29, 0.717) is 54.6 Å². The second-order valence-corrected chi connectivity index (χ2v) is 9.17. The van der Waals surface area contributed by atoms with E-state index >= 15 is 0 Å². The van der Waals surface area contributed by atoms with Crippen LogP contribution in [0.2, 0.25) is 0 Å². The van der Waals surface area contributed by atoms with Crippen LogP contribution in [0.15, 0.2) is 54.2 Å². The summed E-state index contributed by atoms with van der Waals surface area (Å²) in [4.78, 5) is 19.2. The molecule has 0 saturated carbocycles. The van der Waals surface area contributed by atoms with Crippen molar-refractivity contribution in [2.24, 2.45) is 11.5 Å². The molecule has 3 rings (SSSR count). The summed E-state index contributed by atoms with van der Waals surface area (Å²) in [5.41, 5.74) is 16.0. The molecule has 0 radical (unpaired) electrons. The fraction of sp³-hybridized carbons (Fsp3) is 0.370. The third-order valence-corrected chi connectivity index (χ3v) is 5.99. The molecule has 37 heavy (non-hydrogen) atoms. The smallest absolute Gasteiger partial charge is 0.255 e. The summed E-state index contributed by atoms with van der Waals surface area (Å²) in [6.07, 6.45) is 3.26. The van der Waals surface area contributed by atoms with E-state index in [2.05, 4.69) is 16.4 Å². The molecule has 1 saturated heterocycles. The minimum absolute atomic E-state index is 0.0657. The molecule has 2 aromatic rings. The van der Waals surface area contributed by atoms with Crippen molar-refractivity contribution in [3.05, 3.63) is 76.6 Å². The van der Waals surface area contributed by atoms with Gasteiger partial charge in [0.1, 0.15) is 6.61 Å². The zero-order valence-corrected chi connectivity index (χ0v) is 21.5. The van der Waals surface area contributed by atoms with Gasteiger partial charge in [-0.1, -0.05) is 6.07 Å². The van der Waals surface area contributed by atoms with Gasteiger partial charge in [-0.3, -0.25) is 9.78 Å². The van der Waals surface area contributed by atoms with Gasteiger partial charge < -0.3 is 36.3 Å². The monoisotopic (exact) mass is 506 g/mol. The Bertz CT molecular complexity index is 1230. The summed E-state index contributed by atoms with van der Waals surface area (Å²) in [5, 5.41) is 21.4. The average Bonchev–Trinajstić information content (AvgIpc) is 2.91. The number of carbonyl (C=O) groups is 1. The number of rotatable bonds is 9. The number of pyridine rings is 1. The molecular formula is C27H34N6O4. The van der Waals surface area contributed by atoms with E-state index in [1.54, 1.807) is 44.2 Å². The second kappa shape index (κ2) is 12.3. The largest absolute Gasteiger partial charge is 0.475 e. The number of nitriles is 1. The van der Waals surface area contributed by atoms with Gasteiger partial charge in [0.25, 0.3) is 5.91 Å². The standard InChI is InChI=1S/C27H34N6O4/c1-18-4-5-20(32-26(35)19-6-7-31-24(14-19)27(2,3)17-28)15-21(18)22(29)16-23(25(30)37-13-10-34)33-8-11-36-12-9-33/h4-7,14-16,34H,8-13,29-30H2,1-3H3,(H,32,35)/b22-16-,25-23-. The lowest BCUT2D eigenvalue weighted by atomic mass is 9.90. The van der Waals surface area contributed by atoms with E-state index in [1.807, 2.05) is 17.9 Å². The van der Waals surface area contributed by atoms with Crippen LogP contribution in [0, 0.1) is 18.3 Å². The van der Waals surface area contributed by atoms with Crippen LogP contribution in [0.4, 0.5) is 5.69 Å². The Kier molecular flexibility index (Phi) is 9.11. The van der Waals surface area contributed by atoms with Gasteiger partial charge in [-0.2, -0.15) is 5.26 Å². The Morgan fingerprint density at radius 1 is 1.30 bits per heavy atom. The predicted molar refractivity (Wildman–Crippen MR) is 141 cm³/mol. The number of nitrogens with zero attached hydrogens (tertiary/aromatic N) is 3. The molecule has 1 aromatic heterocycles. The number of nitrogens with one attached hydrogen (secondary N) is 1. The molecule has 1 amide bonds. The Morgan fingerprint density at radius 2 is 2.03 bits per heavy atom. The van der Waals surface area contributed by atoms with Crippen molar-refractivity contribution in [1.29, 1.82) is 5.26 Å². The highest BCUT2D eigenvalue weighted by Crippen LogP contribution is 2.25. The van der Waals surface area contributed by atoms with Crippen LogP contribution >= 0.6 is 0 Å². The average molecular weight is 507 g/mol. The van der Waals surface area contributed by atoms with Crippen LogP contribution in [0.3, 0.4) is 0 Å². The number of hydrogen-bond acceptors (Lipinski definition) is 9. The third-order valence-electron chi connectivity index (χ3n) is 5.99. The quantitative estimate of drug-likeness (QED) is 0.295. The topological polar surface area (TPSA) is 160 Å². The SMILES string of the molecule is Cc1ccc(NC(=O)c2ccnc(C(C)(C)C#N)c2)cc1/C(N)=C/C(=C(\N)OCCO)N1CCOCC1. The number of amides is 1. The fourth-order valence-corrected chi connectivity index (χ4v) is 3.76. The number of aliphatic hydroxyl groups excluding tert-OH is 1. The summed E-state index contributed by atoms with van der Waals surface area (Å²) >= 11 is 0. The zero-order valence-electron chi connectivity index (χ0n) is 21.5. The van der Waals surface area contributed by atoms with E-state index in [9.17, 15) is 10.1 Å². The van der Waals surface area contributed by atoms with Gasteiger partial charge in [0, 0.05) is 41.8 Å². The highest BCUT2D eigenvalue weighted by atomic mass is 16.5. The molecular weight excluding hydrogens is 472 g/mol. The zero-order chi connectivity index (χ0) is 27.0. The summed E-state index contributed by atoms with van der Waals surface area (Å²) in [5.74, 6) is -0.167. The van der Waals surface area contributed by atoms with Crippen molar-refractivity contribution < 1.29 is 19.4 Å². The van der Waals surface area contributed by atoms with Crippen LogP contribution in [0.5, 0.6) is 0 Å². The van der Waals surface area contributed by atoms with E-state index < -0.39 is 5.41 Å². The second-order valence-electron chi connectivity index (χ2n) is 9.17. The first kappa shape index (κ1) is 27.5. The third kappa shape index (κ3) is 7.00. The summed E-state index contributed by atoms with van der Waals surface area (Å²) < 4.78 is 10.9. The summed E-state index contributed by atoms with van der Waals surface area (Å²) in [6.45, 7) is 7.66. The number of aryl methyl sites for hydroxylation is 1. The molecule has 1 fully saturated rings. The van der Waals surface area contributed by atoms with Crippen molar-refractivity contribution in [2.75, 3.05) is 44.8 Å². The lowest BCUT2D eigenvalue weighted by Crippen LogP contribution is -2.37. The number of benzene rings is 1. The Balaban J connectivity index is 1.89. The first-order valence-electron chi connectivity index (χ1n) is 12.0. The number of hydrogen-bond donors (Lipinski definition) is 4. The lowest BCUT2D eigenvalue weighted by Gasteiger charge is -2.30. The Labute approximate surface area is 217 Å². The Morgan fingerprint density at radius 3 is 2.70 bits per heavy atom. The van der Waals surface area contributed by atoms with Crippen LogP contribution < -0.4 is 16.8 Å². The maximum absolute atomic E-state index is 13.0. The lowest BCUT2D eigenvalue weighted by molar-refractivity contribution is 0.0507. The van der Waals surface area contributed by atoms with Crippen molar-refractivity contribution in [3.63, 3.8) is 0 Å². The minimum Gasteiger partial charge on any atom is -0.475 e. The van der Waals surface area contributed by atoms with E-state index in [1.165, 1.54) is 6.20 Å². The van der Waals surface area contributed by atoms with Crippen LogP contribution in [-0.2, 0) is 14.9 Å². The molecule has 6 N–H and O–H groups in total. The van der Waals surface area contributed by atoms with E-state index in [0.717, 1.165) is 11.1 Å². The molecule has 196 valence electrons. The number of aliphatic hydroxyl groups is 1. The number of carbonyl (C=O) groups excluding carboxylic acids is 1. The maximum Gasteiger partial charge on any atom is 0.255 e. The number of allylic oxidation sites excluding steroid dienone is 1. The molecule has 1 aliphatic heterocycles. The van der Waals surface area contributed by atoms with Gasteiger partial charge >= 0.3 is 0 Å². The highest BCUT2D eigenvalue weighted by Gasteiger charge is 2.23. The first-order chi connectivity index (χ1) is 17.7. The minimum atomic E-state index is -0.818. The van der Waals surface area contributed by atoms with Crippen LogP contribution in [-0.4, -0.2) is 60.4 Å². The van der Waals surface area contributed by atoms with Gasteiger partial charge in [-0.05, 0) is 56.7 Å². The van der Waals surface area contributed by atoms with Gasteiger partial charge in [-0.15, -0.1) is 0 Å². The number of morpholine rings is 1. The van der Waals surface area contributed by atoms with Crippen molar-refractivity contribution in [2.45, 2.75) is 26.2 Å². The van der Waals surface area contributed by atoms with Gasteiger partial charge in [0.15, 0.2) is 0 Å². The molecule has 10 heteroatoms. The van der Waals surface area contributed by atoms with Crippen LogP contribution in [0.25, 0.3) is 5.70 Å². The Hall–Kier alpha value is -4.07. The summed E-state index contributed by atoms with van der Waals surface area (Å²) in [6, 6.07) is 10.9. The first-order valence-corrected chi connectivity index (χ1v) is 12.0. The number of ether oxygens (including phenoxy) is 2. The molecule has 0 atom stereocenters. The maximum atomic E-state index is 13.0. The molecule has 0 unspecified atom stereocenters. The molecule has 10 nitrogen and oxygen atoms in total. The molecule has 1 aliphatic rings. The molecule has 0 bridgehead atoms. The number of anilines is 1. The van der Waals surface area contributed by atoms with Gasteiger partial charge in [0.05, 0.1) is 42.7 Å². The fourth-order valence-electron chi connectivity index (χ4n) is 3.76. The summed E-state index contributed by atoms with van der Waals surface area (Å²) in [7, 11) is 0. The molecule has 0 aliphatic carbocycles. The molecule has 2 heterocycles. The number of nitrogens with two attached hydrogens (primary N) is 2. The van der Waals surface area contributed by atoms with Crippen molar-refractivity contribution >= 4 is 17.3 Å². The number of aromatic nitrogens is 1. The molecule has 1 aromatic carbocycles. The van der Waals surface area contributed by atoms with Crippen LogP contribution in [0.1, 0.15) is 41.0 Å². The highest BCUT2D eigenvalue weighted by molar-refractivity contribution is 6.04. The molecule has 0 spiro atoms. The van der Waals surface area contributed by atoms with Gasteiger partial charge in [-0.25, -0.2) is 0 Å². The van der Waals surface area contributed by atoms with Crippen molar-refractivity contribution in [1.82, 2.24) is 9.88 Å². The van der Waals surface area contributed by atoms with Crippen molar-refractivity contribution in [3.8, 4) is 6.07 Å². The van der Waals surface area contributed by atoms with E-state index in [-0.39, 0.29) is 25.0 Å². The normalized spacial score (nSPS) is 15.0. The van der Waals surface area contributed by atoms with E-state index in [4.69, 9.17) is 26.0 Å².